The molecule has 0 spiro atoms. The monoisotopic (exact) mass is 514 g/mol. The minimum atomic E-state index is -0.859. The minimum absolute atomic E-state index is 0.0301. The maximum absolute atomic E-state index is 15.8. The van der Waals surface area contributed by atoms with Gasteiger partial charge in [0.15, 0.2) is 23.1 Å². The molecule has 1 unspecified atom stereocenters. The van der Waals surface area contributed by atoms with Crippen LogP contribution in [0.5, 0.6) is 0 Å². The molecule has 35 heavy (non-hydrogen) atoms. The Kier molecular flexibility index (Phi) is 5.56. The van der Waals surface area contributed by atoms with Crippen molar-refractivity contribution in [2.24, 2.45) is 17.8 Å². The van der Waals surface area contributed by atoms with Crippen LogP contribution in [0.25, 0.3) is 33.1 Å². The van der Waals surface area contributed by atoms with Gasteiger partial charge in [-0.25, -0.2) is 24.3 Å². The number of hydrogen-bond donors (Lipinski definition) is 3. The normalized spacial score (nSPS) is 23.9. The van der Waals surface area contributed by atoms with Crippen molar-refractivity contribution < 1.29 is 14.3 Å². The van der Waals surface area contributed by atoms with Gasteiger partial charge in [0, 0.05) is 12.2 Å². The fraction of sp³-hybridized carbons (Fsp3) is 0.409. The van der Waals surface area contributed by atoms with E-state index in [0.717, 1.165) is 43.6 Å². The standard InChI is InChI=1S/C22H20ClFN8O2S/c23-13-8-26-21-17(28-13)11(6-25-21)19-30-18(12-7-27-32-35-12)15(24)20(31-19)29-16-10-3-1-2-9(4-5-10)14(16)22(33)34/h6-10,14,16H,1-5H2,(H,25,26)(H,33,34)(H,29,30,31)/t9-,10?,14+,16+/m1/s1. The Bertz CT molecular complexity index is 1410. The molecule has 3 saturated carbocycles. The SMILES string of the molecule is O=C(O)[C@H]1[C@@H]2CCCC(CC2)[C@@H]1Nc1nc(-c2c[nH]c3ncc(Cl)nc23)nc(-c2cnns2)c1F. The average Bonchev–Trinajstić information content (AvgIpc) is 3.42. The number of aromatic amines is 1. The summed E-state index contributed by atoms with van der Waals surface area (Å²) < 4.78 is 19.7. The van der Waals surface area contributed by atoms with Crippen LogP contribution in [0.15, 0.2) is 18.6 Å². The van der Waals surface area contributed by atoms with Crippen molar-refractivity contribution in [3.8, 4) is 22.0 Å². The van der Waals surface area contributed by atoms with Gasteiger partial charge in [-0.15, -0.1) is 5.10 Å². The highest BCUT2D eigenvalue weighted by Gasteiger charge is 2.45. The lowest BCUT2D eigenvalue weighted by molar-refractivity contribution is -0.145. The molecule has 0 amide bonds. The molecule has 13 heteroatoms. The van der Waals surface area contributed by atoms with E-state index < -0.39 is 23.7 Å². The maximum atomic E-state index is 15.8. The summed E-state index contributed by atoms with van der Waals surface area (Å²) in [6, 6.07) is -0.435. The first-order valence-corrected chi connectivity index (χ1v) is 12.5. The van der Waals surface area contributed by atoms with Crippen LogP contribution in [0.4, 0.5) is 10.2 Å². The molecule has 3 fully saturated rings. The van der Waals surface area contributed by atoms with E-state index in [1.54, 1.807) is 6.20 Å². The van der Waals surface area contributed by atoms with E-state index in [-0.39, 0.29) is 34.3 Å². The number of carboxylic acid groups (broad SMARTS) is 1. The van der Waals surface area contributed by atoms with Crippen molar-refractivity contribution in [1.29, 1.82) is 0 Å². The number of hydrogen-bond acceptors (Lipinski definition) is 9. The molecule has 3 N–H and O–H groups in total. The maximum Gasteiger partial charge on any atom is 0.308 e. The molecule has 180 valence electrons. The van der Waals surface area contributed by atoms with E-state index >= 15 is 4.39 Å². The number of aliphatic carboxylic acids is 1. The summed E-state index contributed by atoms with van der Waals surface area (Å²) in [5, 5.41) is 17.3. The van der Waals surface area contributed by atoms with Crippen LogP contribution < -0.4 is 5.32 Å². The van der Waals surface area contributed by atoms with Crippen LogP contribution in [0.1, 0.15) is 32.1 Å². The Morgan fingerprint density at radius 1 is 1.17 bits per heavy atom. The molecule has 4 aromatic rings. The van der Waals surface area contributed by atoms with Crippen molar-refractivity contribution in [1.82, 2.24) is 34.5 Å². The molecule has 7 rings (SSSR count). The number of nitrogens with zero attached hydrogens (tertiary/aromatic N) is 6. The number of carboxylic acids is 1. The van der Waals surface area contributed by atoms with Gasteiger partial charge in [-0.05, 0) is 49.1 Å². The van der Waals surface area contributed by atoms with Crippen LogP contribution in [0, 0.1) is 23.6 Å². The van der Waals surface area contributed by atoms with Crippen LogP contribution >= 0.6 is 23.1 Å². The van der Waals surface area contributed by atoms with Gasteiger partial charge >= 0.3 is 5.97 Å². The third-order valence-corrected chi connectivity index (χ3v) is 7.94. The molecule has 3 aliphatic carbocycles. The van der Waals surface area contributed by atoms with Crippen LogP contribution in [0.2, 0.25) is 5.15 Å². The van der Waals surface area contributed by atoms with E-state index in [1.807, 2.05) is 0 Å². The molecule has 4 atom stereocenters. The Morgan fingerprint density at radius 3 is 2.80 bits per heavy atom. The molecular formula is C22H20ClFN8O2S. The van der Waals surface area contributed by atoms with Gasteiger partial charge in [0.05, 0.1) is 28.8 Å². The first-order chi connectivity index (χ1) is 17.0. The molecule has 10 nitrogen and oxygen atoms in total. The molecule has 3 aliphatic rings. The number of nitrogens with one attached hydrogen (secondary N) is 2. The van der Waals surface area contributed by atoms with E-state index in [4.69, 9.17) is 11.6 Å². The number of rotatable bonds is 5. The predicted molar refractivity (Wildman–Crippen MR) is 127 cm³/mol. The summed E-state index contributed by atoms with van der Waals surface area (Å²) in [6.07, 6.45) is 9.03. The lowest BCUT2D eigenvalue weighted by Gasteiger charge is -2.39. The molecule has 4 heterocycles. The Labute approximate surface area is 207 Å². The van der Waals surface area contributed by atoms with Crippen molar-refractivity contribution in [3.63, 3.8) is 0 Å². The van der Waals surface area contributed by atoms with Crippen LogP contribution in [-0.4, -0.2) is 51.6 Å². The zero-order valence-electron chi connectivity index (χ0n) is 18.3. The summed E-state index contributed by atoms with van der Waals surface area (Å²) >= 11 is 7.07. The zero-order chi connectivity index (χ0) is 24.1. The van der Waals surface area contributed by atoms with E-state index in [9.17, 15) is 9.90 Å². The Morgan fingerprint density at radius 2 is 2.00 bits per heavy atom. The number of anilines is 1. The fourth-order valence-corrected chi connectivity index (χ4v) is 6.15. The molecule has 0 aliphatic heterocycles. The highest BCUT2D eigenvalue weighted by molar-refractivity contribution is 7.09. The molecule has 2 bridgehead atoms. The van der Waals surface area contributed by atoms with Gasteiger partial charge in [-0.3, -0.25) is 4.79 Å². The van der Waals surface area contributed by atoms with Gasteiger partial charge in [-0.2, -0.15) is 0 Å². The second-order valence-corrected chi connectivity index (χ2v) is 10.2. The quantitative estimate of drug-likeness (QED) is 0.352. The van der Waals surface area contributed by atoms with E-state index in [2.05, 4.69) is 39.8 Å². The number of carbonyl (C=O) groups is 1. The highest BCUT2D eigenvalue weighted by Crippen LogP contribution is 2.45. The molecule has 4 aromatic heterocycles. The smallest absolute Gasteiger partial charge is 0.308 e. The number of H-pyrrole nitrogens is 1. The molecular weight excluding hydrogens is 495 g/mol. The Hall–Kier alpha value is -3.25. The Balaban J connectivity index is 1.49. The average molecular weight is 515 g/mol. The highest BCUT2D eigenvalue weighted by atomic mass is 35.5. The summed E-state index contributed by atoms with van der Waals surface area (Å²) in [7, 11) is 0. The number of halogens is 2. The van der Waals surface area contributed by atoms with Crippen LogP contribution in [-0.2, 0) is 4.79 Å². The van der Waals surface area contributed by atoms with Gasteiger partial charge in [0.2, 0.25) is 0 Å². The lowest BCUT2D eigenvalue weighted by Crippen LogP contribution is -2.46. The van der Waals surface area contributed by atoms with Crippen molar-refractivity contribution in [2.75, 3.05) is 5.32 Å². The van der Waals surface area contributed by atoms with Crippen LogP contribution in [0.3, 0.4) is 0 Å². The zero-order valence-corrected chi connectivity index (χ0v) is 19.9. The number of fused-ring (bicyclic) bond motifs is 5. The number of aromatic nitrogens is 7. The second-order valence-electron chi connectivity index (χ2n) is 9.00. The lowest BCUT2D eigenvalue weighted by atomic mass is 9.71. The third-order valence-electron chi connectivity index (χ3n) is 7.09. The summed E-state index contributed by atoms with van der Waals surface area (Å²) in [5.41, 5.74) is 1.46. The van der Waals surface area contributed by atoms with Gasteiger partial charge < -0.3 is 15.4 Å². The summed E-state index contributed by atoms with van der Waals surface area (Å²) in [4.78, 5) is 33.2. The van der Waals surface area contributed by atoms with Crippen molar-refractivity contribution in [3.05, 3.63) is 29.6 Å². The molecule has 0 aromatic carbocycles. The van der Waals surface area contributed by atoms with Gasteiger partial charge in [0.25, 0.3) is 0 Å². The first kappa shape index (κ1) is 22.2. The van der Waals surface area contributed by atoms with Crippen molar-refractivity contribution >= 4 is 46.1 Å². The predicted octanol–water partition coefficient (Wildman–Crippen LogP) is 4.42. The van der Waals surface area contributed by atoms with Crippen molar-refractivity contribution in [2.45, 2.75) is 38.1 Å². The van der Waals surface area contributed by atoms with Gasteiger partial charge in [0.1, 0.15) is 16.4 Å². The summed E-state index contributed by atoms with van der Waals surface area (Å²) in [6.45, 7) is 0. The van der Waals surface area contributed by atoms with Gasteiger partial charge in [-0.1, -0.05) is 22.5 Å². The second kappa shape index (κ2) is 8.76. The largest absolute Gasteiger partial charge is 0.481 e. The first-order valence-electron chi connectivity index (χ1n) is 11.3. The molecule has 0 radical (unpaired) electrons. The minimum Gasteiger partial charge on any atom is -0.481 e. The summed E-state index contributed by atoms with van der Waals surface area (Å²) in [5.74, 6) is -1.81. The third kappa shape index (κ3) is 3.90. The van der Waals surface area contributed by atoms with E-state index in [0.29, 0.717) is 21.6 Å². The van der Waals surface area contributed by atoms with E-state index in [1.165, 1.54) is 12.4 Å². The fourth-order valence-electron chi connectivity index (χ4n) is 5.52. The molecule has 0 saturated heterocycles. The topological polar surface area (TPSA) is 142 Å².